The SMILES string of the molecule is Cc1cc(C)c2[nH]c(=O)c(CN(Cc3ccco3)[C@H](c3nnnn3C3CCCCC3)C(C)C)cc2c1. The number of aryl methyl sites for hydroxylation is 2. The summed E-state index contributed by atoms with van der Waals surface area (Å²) >= 11 is 0. The number of aromatic nitrogens is 5. The first kappa shape index (κ1) is 24.4. The van der Waals surface area contributed by atoms with Crippen LogP contribution >= 0.6 is 0 Å². The minimum absolute atomic E-state index is 0.0618. The van der Waals surface area contributed by atoms with E-state index in [4.69, 9.17) is 4.42 Å². The summed E-state index contributed by atoms with van der Waals surface area (Å²) in [7, 11) is 0. The van der Waals surface area contributed by atoms with Gasteiger partial charge in [0.1, 0.15) is 5.76 Å². The van der Waals surface area contributed by atoms with Gasteiger partial charge in [0.2, 0.25) is 0 Å². The fourth-order valence-corrected chi connectivity index (χ4v) is 5.79. The van der Waals surface area contributed by atoms with Crippen LogP contribution in [0.2, 0.25) is 0 Å². The summed E-state index contributed by atoms with van der Waals surface area (Å²) in [5, 5.41) is 14.1. The lowest BCUT2D eigenvalue weighted by Crippen LogP contribution is -2.36. The maximum absolute atomic E-state index is 13.3. The zero-order valence-electron chi connectivity index (χ0n) is 21.7. The number of tetrazole rings is 1. The smallest absolute Gasteiger partial charge is 0.252 e. The van der Waals surface area contributed by atoms with E-state index in [1.807, 2.05) is 25.1 Å². The molecule has 5 rings (SSSR count). The van der Waals surface area contributed by atoms with Crippen LogP contribution in [0, 0.1) is 19.8 Å². The predicted octanol–water partition coefficient (Wildman–Crippen LogP) is 5.63. The van der Waals surface area contributed by atoms with Crippen LogP contribution < -0.4 is 5.56 Å². The van der Waals surface area contributed by atoms with Gasteiger partial charge in [-0.3, -0.25) is 9.69 Å². The normalized spacial score (nSPS) is 15.8. The van der Waals surface area contributed by atoms with Gasteiger partial charge in [-0.25, -0.2) is 4.68 Å². The Bertz CT molecular complexity index is 1360. The van der Waals surface area contributed by atoms with E-state index >= 15 is 0 Å². The number of hydrogen-bond acceptors (Lipinski definition) is 6. The third kappa shape index (κ3) is 5.00. The van der Waals surface area contributed by atoms with Gasteiger partial charge >= 0.3 is 0 Å². The highest BCUT2D eigenvalue weighted by atomic mass is 16.3. The third-order valence-corrected chi connectivity index (χ3v) is 7.41. The molecule has 0 spiro atoms. The molecule has 1 aromatic carbocycles. The van der Waals surface area contributed by atoms with Gasteiger partial charge in [0.25, 0.3) is 5.56 Å². The second-order valence-electron chi connectivity index (χ2n) is 10.6. The van der Waals surface area contributed by atoms with Gasteiger partial charge in [0.05, 0.1) is 30.4 Å². The number of fused-ring (bicyclic) bond motifs is 1. The van der Waals surface area contributed by atoms with Gasteiger partial charge in [0, 0.05) is 12.1 Å². The summed E-state index contributed by atoms with van der Waals surface area (Å²) in [6, 6.07) is 10.4. The van der Waals surface area contributed by atoms with Crippen LogP contribution in [0.1, 0.15) is 86.3 Å². The quantitative estimate of drug-likeness (QED) is 0.346. The fraction of sp³-hybridized carbons (Fsp3) is 0.500. The lowest BCUT2D eigenvalue weighted by molar-refractivity contribution is 0.112. The average Bonchev–Trinajstić information content (AvgIpc) is 3.53. The highest BCUT2D eigenvalue weighted by Gasteiger charge is 2.32. The average molecular weight is 489 g/mol. The summed E-state index contributed by atoms with van der Waals surface area (Å²) < 4.78 is 7.79. The van der Waals surface area contributed by atoms with Crippen molar-refractivity contribution in [2.24, 2.45) is 5.92 Å². The minimum Gasteiger partial charge on any atom is -0.468 e. The Morgan fingerprint density at radius 2 is 1.94 bits per heavy atom. The number of furan rings is 1. The van der Waals surface area contributed by atoms with Gasteiger partial charge in [-0.2, -0.15) is 0 Å². The number of aromatic amines is 1. The summed E-state index contributed by atoms with van der Waals surface area (Å²) in [5.41, 5.74) is 3.81. The van der Waals surface area contributed by atoms with Crippen LogP contribution in [0.4, 0.5) is 0 Å². The summed E-state index contributed by atoms with van der Waals surface area (Å²) in [6.07, 6.45) is 7.58. The van der Waals surface area contributed by atoms with Gasteiger partial charge in [-0.05, 0) is 78.2 Å². The predicted molar refractivity (Wildman–Crippen MR) is 140 cm³/mol. The molecule has 3 heterocycles. The van der Waals surface area contributed by atoms with Crippen LogP contribution in [0.5, 0.6) is 0 Å². The number of rotatable bonds is 8. The van der Waals surface area contributed by atoms with Gasteiger partial charge < -0.3 is 9.40 Å². The summed E-state index contributed by atoms with van der Waals surface area (Å²) in [5.74, 6) is 1.94. The fourth-order valence-electron chi connectivity index (χ4n) is 5.79. The zero-order valence-corrected chi connectivity index (χ0v) is 21.7. The Morgan fingerprint density at radius 3 is 2.67 bits per heavy atom. The monoisotopic (exact) mass is 488 g/mol. The van der Waals surface area contributed by atoms with Crippen LogP contribution in [0.15, 0.2) is 45.8 Å². The van der Waals surface area contributed by atoms with Gasteiger partial charge in [0.15, 0.2) is 5.82 Å². The maximum atomic E-state index is 13.3. The van der Waals surface area contributed by atoms with Crippen molar-refractivity contribution in [3.05, 3.63) is 75.2 Å². The van der Waals surface area contributed by atoms with Crippen molar-refractivity contribution < 1.29 is 4.42 Å². The van der Waals surface area contributed by atoms with E-state index in [0.717, 1.165) is 46.5 Å². The minimum atomic E-state index is -0.0821. The first-order valence-electron chi connectivity index (χ1n) is 13.1. The molecule has 36 heavy (non-hydrogen) atoms. The van der Waals surface area contributed by atoms with E-state index in [2.05, 4.69) is 63.0 Å². The molecular weight excluding hydrogens is 452 g/mol. The second kappa shape index (κ2) is 10.4. The second-order valence-corrected chi connectivity index (χ2v) is 10.6. The molecule has 0 amide bonds. The first-order valence-corrected chi connectivity index (χ1v) is 13.1. The largest absolute Gasteiger partial charge is 0.468 e. The molecule has 8 nitrogen and oxygen atoms in total. The van der Waals surface area contributed by atoms with E-state index in [9.17, 15) is 4.79 Å². The Balaban J connectivity index is 1.56. The number of nitrogens with zero attached hydrogens (tertiary/aromatic N) is 5. The Kier molecular flexibility index (Phi) is 7.05. The first-order chi connectivity index (χ1) is 17.4. The standard InChI is InChI=1S/C28H36N6O2/c1-18(2)26(27-30-31-32-34(27)23-9-6-5-7-10-23)33(17-24-11-8-12-36-24)16-22-15-21-14-19(3)13-20(4)25(21)29-28(22)35/h8,11-15,18,23,26H,5-7,9-10,16-17H2,1-4H3,(H,29,35)/t26-/m0/s1. The molecular formula is C28H36N6O2. The molecule has 1 aliphatic carbocycles. The molecule has 3 aromatic heterocycles. The zero-order chi connectivity index (χ0) is 25.2. The third-order valence-electron chi connectivity index (χ3n) is 7.41. The molecule has 0 radical (unpaired) electrons. The van der Waals surface area contributed by atoms with Crippen LogP contribution in [0.25, 0.3) is 10.9 Å². The van der Waals surface area contributed by atoms with Crippen molar-refractivity contribution in [1.82, 2.24) is 30.1 Å². The number of pyridine rings is 1. The van der Waals surface area contributed by atoms with E-state index in [0.29, 0.717) is 19.1 Å². The molecule has 1 N–H and O–H groups in total. The molecule has 4 aromatic rings. The summed E-state index contributed by atoms with van der Waals surface area (Å²) in [6.45, 7) is 9.51. The molecule has 0 aliphatic heterocycles. The summed E-state index contributed by atoms with van der Waals surface area (Å²) in [4.78, 5) is 18.7. The van der Waals surface area contributed by atoms with Crippen LogP contribution in [0.3, 0.4) is 0 Å². The molecule has 1 saturated carbocycles. The van der Waals surface area contributed by atoms with E-state index in [1.54, 1.807) is 6.26 Å². The van der Waals surface area contributed by atoms with Gasteiger partial charge in [-0.15, -0.1) is 5.10 Å². The lowest BCUT2D eigenvalue weighted by Gasteiger charge is -2.34. The molecule has 1 fully saturated rings. The van der Waals surface area contributed by atoms with Crippen molar-refractivity contribution in [1.29, 1.82) is 0 Å². The molecule has 1 atom stereocenters. The van der Waals surface area contributed by atoms with E-state index in [-0.39, 0.29) is 17.5 Å². The molecule has 0 unspecified atom stereocenters. The van der Waals surface area contributed by atoms with Crippen molar-refractivity contribution in [2.75, 3.05) is 0 Å². The number of benzene rings is 1. The molecule has 8 heteroatoms. The van der Waals surface area contributed by atoms with Gasteiger partial charge in [-0.1, -0.05) is 44.7 Å². The van der Waals surface area contributed by atoms with Crippen molar-refractivity contribution in [2.45, 2.75) is 85.0 Å². The van der Waals surface area contributed by atoms with Crippen LogP contribution in [-0.4, -0.2) is 30.1 Å². The number of hydrogen-bond donors (Lipinski definition) is 1. The Labute approximate surface area is 211 Å². The molecule has 190 valence electrons. The van der Waals surface area contributed by atoms with E-state index < -0.39 is 0 Å². The Morgan fingerprint density at radius 1 is 1.14 bits per heavy atom. The highest BCUT2D eigenvalue weighted by Crippen LogP contribution is 2.34. The number of H-pyrrole nitrogens is 1. The van der Waals surface area contributed by atoms with Crippen molar-refractivity contribution >= 4 is 10.9 Å². The molecule has 0 saturated heterocycles. The van der Waals surface area contributed by atoms with Crippen molar-refractivity contribution in [3.8, 4) is 0 Å². The van der Waals surface area contributed by atoms with E-state index in [1.165, 1.54) is 24.8 Å². The number of nitrogens with one attached hydrogen (secondary N) is 1. The topological polar surface area (TPSA) is 92.8 Å². The highest BCUT2D eigenvalue weighted by molar-refractivity contribution is 5.82. The Hall–Kier alpha value is -3.26. The maximum Gasteiger partial charge on any atom is 0.252 e. The molecule has 0 bridgehead atoms. The lowest BCUT2D eigenvalue weighted by atomic mass is 9.94. The molecule has 1 aliphatic rings. The van der Waals surface area contributed by atoms with Crippen LogP contribution in [-0.2, 0) is 13.1 Å². The van der Waals surface area contributed by atoms with Crippen molar-refractivity contribution in [3.63, 3.8) is 0 Å².